The highest BCUT2D eigenvalue weighted by atomic mass is 35.5. The summed E-state index contributed by atoms with van der Waals surface area (Å²) in [4.78, 5) is 32.5. The van der Waals surface area contributed by atoms with Crippen LogP contribution in [0.5, 0.6) is 0 Å². The standard InChI is InChI=1S/C23H23ClF2N4O3/c1-23(2,3)33-22(32)29-11-14(27)10-18(29)20-28-17-6-4-5-16(24)19(17)21(31)30(20)15-8-12(25)7-13(26)9-15/h4-9,14,18H,10-11,27H2,1-3H3. The van der Waals surface area contributed by atoms with Gasteiger partial charge in [0.1, 0.15) is 23.1 Å². The summed E-state index contributed by atoms with van der Waals surface area (Å²) >= 11 is 6.27. The van der Waals surface area contributed by atoms with Crippen molar-refractivity contribution in [1.29, 1.82) is 0 Å². The Labute approximate surface area is 193 Å². The van der Waals surface area contributed by atoms with Crippen molar-refractivity contribution in [2.45, 2.75) is 44.9 Å². The summed E-state index contributed by atoms with van der Waals surface area (Å²) in [5, 5.41) is 0.244. The molecule has 1 fully saturated rings. The zero-order chi connectivity index (χ0) is 24.1. The van der Waals surface area contributed by atoms with Crippen molar-refractivity contribution in [2.75, 3.05) is 6.54 Å². The molecule has 0 bridgehead atoms. The lowest BCUT2D eigenvalue weighted by Gasteiger charge is -2.29. The second-order valence-electron chi connectivity index (χ2n) is 9.02. The number of benzene rings is 2. The van der Waals surface area contributed by atoms with Crippen LogP contribution in [0.1, 0.15) is 39.1 Å². The maximum absolute atomic E-state index is 14.1. The molecule has 7 nitrogen and oxygen atoms in total. The molecule has 2 aromatic carbocycles. The number of nitrogens with zero attached hydrogens (tertiary/aromatic N) is 3. The molecular formula is C23H23ClF2N4O3. The quantitative estimate of drug-likeness (QED) is 0.594. The molecule has 4 rings (SSSR count). The molecule has 2 unspecified atom stereocenters. The number of ether oxygens (including phenoxy) is 1. The first kappa shape index (κ1) is 23.1. The number of hydrogen-bond donors (Lipinski definition) is 1. The monoisotopic (exact) mass is 476 g/mol. The van der Waals surface area contributed by atoms with Crippen LogP contribution < -0.4 is 11.3 Å². The topological polar surface area (TPSA) is 90.5 Å². The number of rotatable bonds is 2. The predicted molar refractivity (Wildman–Crippen MR) is 121 cm³/mol. The van der Waals surface area contributed by atoms with Gasteiger partial charge in [0.2, 0.25) is 0 Å². The molecule has 2 atom stereocenters. The Morgan fingerprint density at radius 3 is 2.52 bits per heavy atom. The van der Waals surface area contributed by atoms with E-state index in [1.54, 1.807) is 32.9 Å². The first-order valence-corrected chi connectivity index (χ1v) is 10.8. The third kappa shape index (κ3) is 4.56. The average Bonchev–Trinajstić information content (AvgIpc) is 3.07. The number of halogens is 3. The van der Waals surface area contributed by atoms with Crippen molar-refractivity contribution < 1.29 is 18.3 Å². The Morgan fingerprint density at radius 1 is 1.21 bits per heavy atom. The number of amides is 1. The van der Waals surface area contributed by atoms with Gasteiger partial charge in [-0.3, -0.25) is 14.3 Å². The van der Waals surface area contributed by atoms with Crippen LogP contribution >= 0.6 is 11.6 Å². The molecule has 1 amide bonds. The molecule has 33 heavy (non-hydrogen) atoms. The molecule has 1 saturated heterocycles. The number of aromatic nitrogens is 2. The SMILES string of the molecule is CC(C)(C)OC(=O)N1CC(N)CC1c1nc2cccc(Cl)c2c(=O)n1-c1cc(F)cc(F)c1. The molecule has 1 aliphatic rings. The summed E-state index contributed by atoms with van der Waals surface area (Å²) in [6.07, 6.45) is -0.354. The number of likely N-dealkylation sites (tertiary alicyclic amines) is 1. The fourth-order valence-electron chi connectivity index (χ4n) is 3.98. The summed E-state index contributed by atoms with van der Waals surface area (Å²) in [7, 11) is 0. The first-order valence-electron chi connectivity index (χ1n) is 10.4. The molecule has 0 aliphatic carbocycles. The van der Waals surface area contributed by atoms with E-state index in [2.05, 4.69) is 4.98 Å². The zero-order valence-electron chi connectivity index (χ0n) is 18.3. The van der Waals surface area contributed by atoms with Gasteiger partial charge in [0.15, 0.2) is 0 Å². The molecule has 0 radical (unpaired) electrons. The maximum atomic E-state index is 14.1. The predicted octanol–water partition coefficient (Wildman–Crippen LogP) is 4.33. The van der Waals surface area contributed by atoms with Gasteiger partial charge in [0.25, 0.3) is 5.56 Å². The van der Waals surface area contributed by atoms with Gasteiger partial charge < -0.3 is 10.5 Å². The van der Waals surface area contributed by atoms with E-state index in [1.807, 2.05) is 0 Å². The summed E-state index contributed by atoms with van der Waals surface area (Å²) in [6.45, 7) is 5.37. The van der Waals surface area contributed by atoms with E-state index in [0.29, 0.717) is 11.6 Å². The van der Waals surface area contributed by atoms with Crippen LogP contribution in [0.25, 0.3) is 16.6 Å². The molecule has 0 saturated carbocycles. The van der Waals surface area contributed by atoms with E-state index in [1.165, 1.54) is 11.0 Å². The molecule has 0 spiro atoms. The normalized spacial score (nSPS) is 18.7. The molecule has 10 heteroatoms. The number of nitrogens with two attached hydrogens (primary N) is 1. The Balaban J connectivity index is 1.98. The number of fused-ring (bicyclic) bond motifs is 1. The van der Waals surface area contributed by atoms with Gasteiger partial charge in [-0.2, -0.15) is 0 Å². The molecular weight excluding hydrogens is 454 g/mol. The Bertz CT molecular complexity index is 1290. The molecule has 2 N–H and O–H groups in total. The van der Waals surface area contributed by atoms with Crippen molar-refractivity contribution in [1.82, 2.24) is 14.5 Å². The van der Waals surface area contributed by atoms with Crippen molar-refractivity contribution in [2.24, 2.45) is 5.73 Å². The Kier molecular flexibility index (Phi) is 5.88. The first-order chi connectivity index (χ1) is 15.4. The fourth-order valence-corrected chi connectivity index (χ4v) is 4.23. The highest BCUT2D eigenvalue weighted by Crippen LogP contribution is 2.34. The lowest BCUT2D eigenvalue weighted by Crippen LogP contribution is -2.39. The smallest absolute Gasteiger partial charge is 0.410 e. The third-order valence-electron chi connectivity index (χ3n) is 5.24. The lowest BCUT2D eigenvalue weighted by molar-refractivity contribution is 0.0215. The second-order valence-corrected chi connectivity index (χ2v) is 9.42. The van der Waals surface area contributed by atoms with Gasteiger partial charge >= 0.3 is 6.09 Å². The minimum atomic E-state index is -0.866. The van der Waals surface area contributed by atoms with Crippen LogP contribution in [0.15, 0.2) is 41.2 Å². The molecule has 3 aromatic rings. The third-order valence-corrected chi connectivity index (χ3v) is 5.55. The van der Waals surface area contributed by atoms with E-state index in [9.17, 15) is 18.4 Å². The van der Waals surface area contributed by atoms with Crippen molar-refractivity contribution in [3.8, 4) is 5.69 Å². The fraction of sp³-hybridized carbons (Fsp3) is 0.348. The van der Waals surface area contributed by atoms with E-state index in [0.717, 1.165) is 16.7 Å². The van der Waals surface area contributed by atoms with Crippen LogP contribution in [-0.4, -0.2) is 38.7 Å². The van der Waals surface area contributed by atoms with E-state index in [-0.39, 0.29) is 34.9 Å². The van der Waals surface area contributed by atoms with Crippen molar-refractivity contribution >= 4 is 28.6 Å². The van der Waals surface area contributed by atoms with Crippen LogP contribution in [0.3, 0.4) is 0 Å². The minimum absolute atomic E-state index is 0.0774. The molecule has 1 aromatic heterocycles. The van der Waals surface area contributed by atoms with Gasteiger partial charge in [0.05, 0.1) is 27.7 Å². The largest absolute Gasteiger partial charge is 0.444 e. The average molecular weight is 477 g/mol. The number of carbonyl (C=O) groups excluding carboxylic acids is 1. The van der Waals surface area contributed by atoms with Gasteiger partial charge in [-0.05, 0) is 51.5 Å². The molecule has 2 heterocycles. The highest BCUT2D eigenvalue weighted by Gasteiger charge is 2.40. The van der Waals surface area contributed by atoms with Gasteiger partial charge in [0, 0.05) is 18.7 Å². The highest BCUT2D eigenvalue weighted by molar-refractivity contribution is 6.35. The summed E-state index contributed by atoms with van der Waals surface area (Å²) in [5.41, 5.74) is 5.00. The van der Waals surface area contributed by atoms with E-state index in [4.69, 9.17) is 22.1 Å². The van der Waals surface area contributed by atoms with Crippen LogP contribution in [0.2, 0.25) is 5.02 Å². The summed E-state index contributed by atoms with van der Waals surface area (Å²) in [6, 6.07) is 6.34. The lowest BCUT2D eigenvalue weighted by atomic mass is 10.1. The Morgan fingerprint density at radius 2 is 1.88 bits per heavy atom. The van der Waals surface area contributed by atoms with E-state index >= 15 is 0 Å². The second kappa shape index (κ2) is 8.39. The zero-order valence-corrected chi connectivity index (χ0v) is 19.1. The van der Waals surface area contributed by atoms with Gasteiger partial charge in [-0.1, -0.05) is 17.7 Å². The van der Waals surface area contributed by atoms with Crippen molar-refractivity contribution in [3.05, 3.63) is 69.2 Å². The van der Waals surface area contributed by atoms with Crippen molar-refractivity contribution in [3.63, 3.8) is 0 Å². The minimum Gasteiger partial charge on any atom is -0.444 e. The molecule has 1 aliphatic heterocycles. The van der Waals surface area contributed by atoms with Crippen LogP contribution in [0.4, 0.5) is 13.6 Å². The van der Waals surface area contributed by atoms with Gasteiger partial charge in [-0.25, -0.2) is 18.6 Å². The summed E-state index contributed by atoms with van der Waals surface area (Å²) in [5.74, 6) is -1.62. The number of hydrogen-bond acceptors (Lipinski definition) is 5. The van der Waals surface area contributed by atoms with Gasteiger partial charge in [-0.15, -0.1) is 0 Å². The Hall–Kier alpha value is -3.04. The van der Waals surface area contributed by atoms with Crippen LogP contribution in [0, 0.1) is 11.6 Å². The summed E-state index contributed by atoms with van der Waals surface area (Å²) < 4.78 is 34.8. The van der Waals surface area contributed by atoms with E-state index < -0.39 is 41.0 Å². The van der Waals surface area contributed by atoms with Crippen LogP contribution in [-0.2, 0) is 4.74 Å². The maximum Gasteiger partial charge on any atom is 0.410 e. The molecule has 174 valence electrons. The number of carbonyl (C=O) groups is 1.